The zero-order valence-electron chi connectivity index (χ0n) is 10.4. The SMILES string of the molecule is CCNc1ncc(Br)c(NCCCOCCO)n1. The van der Waals surface area contributed by atoms with Gasteiger partial charge in [-0.25, -0.2) is 4.98 Å². The van der Waals surface area contributed by atoms with Gasteiger partial charge in [-0.2, -0.15) is 4.98 Å². The Kier molecular flexibility index (Phi) is 7.63. The van der Waals surface area contributed by atoms with E-state index in [-0.39, 0.29) is 6.61 Å². The zero-order valence-corrected chi connectivity index (χ0v) is 12.0. The number of aliphatic hydroxyl groups excluding tert-OH is 1. The maximum Gasteiger partial charge on any atom is 0.224 e. The second-order valence-corrected chi connectivity index (χ2v) is 4.39. The third-order valence-corrected chi connectivity index (χ3v) is 2.65. The van der Waals surface area contributed by atoms with Crippen LogP contribution in [0.4, 0.5) is 11.8 Å². The van der Waals surface area contributed by atoms with Crippen molar-refractivity contribution in [3.05, 3.63) is 10.7 Å². The summed E-state index contributed by atoms with van der Waals surface area (Å²) in [6, 6.07) is 0. The smallest absolute Gasteiger partial charge is 0.224 e. The van der Waals surface area contributed by atoms with E-state index in [0.717, 1.165) is 29.8 Å². The van der Waals surface area contributed by atoms with Crippen molar-refractivity contribution in [3.8, 4) is 0 Å². The van der Waals surface area contributed by atoms with Crippen molar-refractivity contribution in [2.24, 2.45) is 0 Å². The number of ether oxygens (including phenoxy) is 1. The van der Waals surface area contributed by atoms with Gasteiger partial charge in [-0.15, -0.1) is 0 Å². The predicted octanol–water partition coefficient (Wildman–Crippen LogP) is 1.48. The topological polar surface area (TPSA) is 79.3 Å². The van der Waals surface area contributed by atoms with E-state index in [1.807, 2.05) is 6.92 Å². The van der Waals surface area contributed by atoms with Crippen LogP contribution < -0.4 is 10.6 Å². The van der Waals surface area contributed by atoms with Crippen molar-refractivity contribution in [2.45, 2.75) is 13.3 Å². The van der Waals surface area contributed by atoms with Crippen LogP contribution >= 0.6 is 15.9 Å². The molecular weight excluding hydrogens is 300 g/mol. The first-order valence-corrected chi connectivity index (χ1v) is 6.76. The van der Waals surface area contributed by atoms with E-state index in [2.05, 4.69) is 36.5 Å². The maximum atomic E-state index is 8.55. The van der Waals surface area contributed by atoms with Crippen LogP contribution in [0.3, 0.4) is 0 Å². The molecule has 18 heavy (non-hydrogen) atoms. The van der Waals surface area contributed by atoms with Crippen molar-refractivity contribution >= 4 is 27.7 Å². The van der Waals surface area contributed by atoms with Crippen LogP contribution in [-0.4, -0.2) is 48.0 Å². The Morgan fingerprint density at radius 3 is 2.94 bits per heavy atom. The number of rotatable bonds is 9. The molecule has 0 aliphatic heterocycles. The first kappa shape index (κ1) is 15.1. The molecule has 0 radical (unpaired) electrons. The number of nitrogens with one attached hydrogen (secondary N) is 2. The summed E-state index contributed by atoms with van der Waals surface area (Å²) in [6.07, 6.45) is 2.57. The summed E-state index contributed by atoms with van der Waals surface area (Å²) in [5, 5.41) is 14.8. The fourth-order valence-corrected chi connectivity index (χ4v) is 1.61. The molecular formula is C11H19BrN4O2. The third kappa shape index (κ3) is 5.61. The van der Waals surface area contributed by atoms with Crippen LogP contribution in [0.1, 0.15) is 13.3 Å². The maximum absolute atomic E-state index is 8.55. The summed E-state index contributed by atoms with van der Waals surface area (Å²) in [4.78, 5) is 8.47. The van der Waals surface area contributed by atoms with Gasteiger partial charge < -0.3 is 20.5 Å². The van der Waals surface area contributed by atoms with Crippen molar-refractivity contribution in [1.82, 2.24) is 9.97 Å². The lowest BCUT2D eigenvalue weighted by molar-refractivity contribution is 0.0922. The highest BCUT2D eigenvalue weighted by atomic mass is 79.9. The summed E-state index contributed by atoms with van der Waals surface area (Å²) in [5.41, 5.74) is 0. The highest BCUT2D eigenvalue weighted by Crippen LogP contribution is 2.19. The van der Waals surface area contributed by atoms with Gasteiger partial charge in [-0.3, -0.25) is 0 Å². The molecule has 1 aromatic heterocycles. The average Bonchev–Trinajstić information content (AvgIpc) is 2.37. The minimum atomic E-state index is 0.0664. The van der Waals surface area contributed by atoms with Gasteiger partial charge in [-0.05, 0) is 29.3 Å². The fourth-order valence-electron chi connectivity index (χ4n) is 1.28. The molecule has 0 bridgehead atoms. The van der Waals surface area contributed by atoms with E-state index in [1.165, 1.54) is 0 Å². The summed E-state index contributed by atoms with van der Waals surface area (Å²) in [6.45, 7) is 4.62. The monoisotopic (exact) mass is 318 g/mol. The first-order chi connectivity index (χ1) is 8.77. The molecule has 0 aromatic carbocycles. The minimum Gasteiger partial charge on any atom is -0.394 e. The van der Waals surface area contributed by atoms with Gasteiger partial charge in [0, 0.05) is 25.9 Å². The molecule has 0 aliphatic rings. The van der Waals surface area contributed by atoms with E-state index in [0.29, 0.717) is 19.2 Å². The molecule has 3 N–H and O–H groups in total. The van der Waals surface area contributed by atoms with Gasteiger partial charge >= 0.3 is 0 Å². The number of aliphatic hydroxyl groups is 1. The molecule has 0 amide bonds. The lowest BCUT2D eigenvalue weighted by Gasteiger charge is -2.09. The van der Waals surface area contributed by atoms with Crippen LogP contribution in [0.2, 0.25) is 0 Å². The molecule has 0 atom stereocenters. The molecule has 1 aromatic rings. The summed E-state index contributed by atoms with van der Waals surface area (Å²) in [5.74, 6) is 1.38. The largest absolute Gasteiger partial charge is 0.394 e. The Labute approximate surface area is 115 Å². The fraction of sp³-hybridized carbons (Fsp3) is 0.636. The van der Waals surface area contributed by atoms with E-state index in [9.17, 15) is 0 Å². The van der Waals surface area contributed by atoms with Crippen LogP contribution in [0.5, 0.6) is 0 Å². The predicted molar refractivity (Wildman–Crippen MR) is 74.9 cm³/mol. The van der Waals surface area contributed by atoms with Gasteiger partial charge in [0.2, 0.25) is 5.95 Å². The molecule has 7 heteroatoms. The lowest BCUT2D eigenvalue weighted by Crippen LogP contribution is -2.10. The van der Waals surface area contributed by atoms with Crippen LogP contribution in [-0.2, 0) is 4.74 Å². The summed E-state index contributed by atoms with van der Waals surface area (Å²) < 4.78 is 6.00. The highest BCUT2D eigenvalue weighted by molar-refractivity contribution is 9.10. The number of aromatic nitrogens is 2. The average molecular weight is 319 g/mol. The number of anilines is 2. The van der Waals surface area contributed by atoms with Crippen LogP contribution in [0, 0.1) is 0 Å². The van der Waals surface area contributed by atoms with Crippen molar-refractivity contribution < 1.29 is 9.84 Å². The molecule has 0 aliphatic carbocycles. The molecule has 0 saturated heterocycles. The first-order valence-electron chi connectivity index (χ1n) is 5.96. The number of hydrogen-bond donors (Lipinski definition) is 3. The Bertz CT molecular complexity index is 352. The van der Waals surface area contributed by atoms with Crippen molar-refractivity contribution in [1.29, 1.82) is 0 Å². The van der Waals surface area contributed by atoms with Gasteiger partial charge in [0.25, 0.3) is 0 Å². The Morgan fingerprint density at radius 1 is 1.39 bits per heavy atom. The van der Waals surface area contributed by atoms with E-state index >= 15 is 0 Å². The second-order valence-electron chi connectivity index (χ2n) is 3.54. The summed E-state index contributed by atoms with van der Waals surface area (Å²) in [7, 11) is 0. The Balaban J connectivity index is 2.34. The summed E-state index contributed by atoms with van der Waals surface area (Å²) >= 11 is 3.40. The van der Waals surface area contributed by atoms with Crippen LogP contribution in [0.25, 0.3) is 0 Å². The quantitative estimate of drug-likeness (QED) is 0.599. The van der Waals surface area contributed by atoms with Gasteiger partial charge in [0.1, 0.15) is 5.82 Å². The van der Waals surface area contributed by atoms with E-state index in [4.69, 9.17) is 9.84 Å². The highest BCUT2D eigenvalue weighted by Gasteiger charge is 2.03. The number of nitrogens with zero attached hydrogens (tertiary/aromatic N) is 2. The number of halogens is 1. The Morgan fingerprint density at radius 2 is 2.22 bits per heavy atom. The lowest BCUT2D eigenvalue weighted by atomic mass is 10.4. The standard InChI is InChI=1S/C11H19BrN4O2/c1-2-13-11-15-8-9(12)10(16-11)14-4-3-6-18-7-5-17/h8,17H,2-7H2,1H3,(H2,13,14,15,16). The molecule has 0 spiro atoms. The van der Waals surface area contributed by atoms with Gasteiger partial charge in [0.05, 0.1) is 17.7 Å². The molecule has 1 rings (SSSR count). The van der Waals surface area contributed by atoms with Crippen LogP contribution in [0.15, 0.2) is 10.7 Å². The van der Waals surface area contributed by atoms with E-state index in [1.54, 1.807) is 6.20 Å². The minimum absolute atomic E-state index is 0.0664. The molecule has 1 heterocycles. The van der Waals surface area contributed by atoms with Gasteiger partial charge in [0.15, 0.2) is 0 Å². The number of hydrogen-bond acceptors (Lipinski definition) is 6. The van der Waals surface area contributed by atoms with Crippen molar-refractivity contribution in [3.63, 3.8) is 0 Å². The Hall–Kier alpha value is -0.920. The van der Waals surface area contributed by atoms with Gasteiger partial charge in [-0.1, -0.05) is 0 Å². The molecule has 0 fully saturated rings. The zero-order chi connectivity index (χ0) is 13.2. The van der Waals surface area contributed by atoms with Crippen molar-refractivity contribution in [2.75, 3.05) is 43.5 Å². The molecule has 0 saturated carbocycles. The normalized spacial score (nSPS) is 10.4. The molecule has 6 nitrogen and oxygen atoms in total. The third-order valence-electron chi connectivity index (χ3n) is 2.07. The second kappa shape index (κ2) is 9.07. The molecule has 0 unspecified atom stereocenters. The molecule has 102 valence electrons. The van der Waals surface area contributed by atoms with E-state index < -0.39 is 0 Å².